The molecule has 2 saturated carbocycles. The summed E-state index contributed by atoms with van der Waals surface area (Å²) in [7, 11) is 0. The van der Waals surface area contributed by atoms with E-state index in [1.54, 1.807) is 0 Å². The Kier molecular flexibility index (Phi) is 2.33. The molecular formula is C16H20O2. The van der Waals surface area contributed by atoms with E-state index in [1.807, 2.05) is 6.07 Å². The van der Waals surface area contributed by atoms with Crippen LogP contribution in [0.15, 0.2) is 30.3 Å². The van der Waals surface area contributed by atoms with Crippen LogP contribution in [-0.4, -0.2) is 17.3 Å². The molecule has 4 rings (SSSR count). The van der Waals surface area contributed by atoms with E-state index in [2.05, 4.69) is 24.3 Å². The molecule has 2 nitrogen and oxygen atoms in total. The zero-order valence-corrected chi connectivity index (χ0v) is 10.7. The highest BCUT2D eigenvalue weighted by Crippen LogP contribution is 2.67. The van der Waals surface area contributed by atoms with Crippen LogP contribution in [-0.2, 0) is 16.1 Å². The van der Waals surface area contributed by atoms with Gasteiger partial charge in [-0.25, -0.2) is 0 Å². The maximum Gasteiger partial charge on any atom is 0.124 e. The number of benzene rings is 1. The summed E-state index contributed by atoms with van der Waals surface area (Å²) in [5, 5.41) is 0. The van der Waals surface area contributed by atoms with Gasteiger partial charge in [0, 0.05) is 0 Å². The summed E-state index contributed by atoms with van der Waals surface area (Å²) < 4.78 is 12.3. The van der Waals surface area contributed by atoms with E-state index < -0.39 is 0 Å². The molecule has 0 amide bonds. The van der Waals surface area contributed by atoms with Crippen molar-refractivity contribution in [2.24, 2.45) is 0 Å². The minimum Gasteiger partial charge on any atom is -0.370 e. The number of hydrogen-bond acceptors (Lipinski definition) is 2. The van der Waals surface area contributed by atoms with Crippen molar-refractivity contribution in [3.05, 3.63) is 35.9 Å². The second-order valence-electron chi connectivity index (χ2n) is 6.02. The molecule has 18 heavy (non-hydrogen) atoms. The van der Waals surface area contributed by atoms with Gasteiger partial charge in [0.15, 0.2) is 0 Å². The Hall–Kier alpha value is -0.860. The van der Waals surface area contributed by atoms with Gasteiger partial charge in [-0.15, -0.1) is 0 Å². The van der Waals surface area contributed by atoms with Crippen LogP contribution in [0.1, 0.15) is 44.1 Å². The Balaban J connectivity index is 1.45. The SMILES string of the molecule is c1ccc(CO[C@H]2CC[C@]34CCCC[C@]23O4)cc1. The molecule has 2 aliphatic carbocycles. The van der Waals surface area contributed by atoms with Crippen molar-refractivity contribution in [3.8, 4) is 0 Å². The summed E-state index contributed by atoms with van der Waals surface area (Å²) in [6.07, 6.45) is 7.86. The lowest BCUT2D eigenvalue weighted by Crippen LogP contribution is -2.34. The molecule has 0 radical (unpaired) electrons. The summed E-state index contributed by atoms with van der Waals surface area (Å²) in [6, 6.07) is 10.5. The molecule has 1 aromatic carbocycles. The smallest absolute Gasteiger partial charge is 0.124 e. The normalized spacial score (nSPS) is 41.2. The first-order valence-electron chi connectivity index (χ1n) is 7.20. The van der Waals surface area contributed by atoms with Crippen molar-refractivity contribution in [3.63, 3.8) is 0 Å². The zero-order valence-electron chi connectivity index (χ0n) is 10.7. The predicted molar refractivity (Wildman–Crippen MR) is 69.3 cm³/mol. The van der Waals surface area contributed by atoms with Crippen LogP contribution in [0.3, 0.4) is 0 Å². The molecule has 0 N–H and O–H groups in total. The Bertz CT molecular complexity index is 440. The summed E-state index contributed by atoms with van der Waals surface area (Å²) >= 11 is 0. The molecule has 0 unspecified atom stereocenters. The fourth-order valence-electron chi connectivity index (χ4n) is 4.16. The van der Waals surface area contributed by atoms with Gasteiger partial charge < -0.3 is 9.47 Å². The van der Waals surface area contributed by atoms with E-state index in [0.29, 0.717) is 6.10 Å². The van der Waals surface area contributed by atoms with Crippen LogP contribution in [0.4, 0.5) is 0 Å². The first-order chi connectivity index (χ1) is 8.85. The minimum atomic E-state index is 0.111. The second kappa shape index (κ2) is 3.82. The van der Waals surface area contributed by atoms with Gasteiger partial charge in [0.2, 0.25) is 0 Å². The zero-order chi connectivity index (χ0) is 12.1. The third-order valence-corrected chi connectivity index (χ3v) is 5.11. The van der Waals surface area contributed by atoms with Crippen LogP contribution in [0, 0.1) is 0 Å². The molecule has 0 spiro atoms. The van der Waals surface area contributed by atoms with Crippen LogP contribution in [0.2, 0.25) is 0 Å². The maximum atomic E-state index is 6.17. The predicted octanol–water partition coefficient (Wildman–Crippen LogP) is 3.45. The van der Waals surface area contributed by atoms with Crippen molar-refractivity contribution in [2.45, 2.75) is 62.4 Å². The van der Waals surface area contributed by atoms with Crippen molar-refractivity contribution in [1.29, 1.82) is 0 Å². The van der Waals surface area contributed by atoms with Crippen molar-refractivity contribution >= 4 is 0 Å². The largest absolute Gasteiger partial charge is 0.370 e. The highest BCUT2D eigenvalue weighted by molar-refractivity contribution is 5.26. The van der Waals surface area contributed by atoms with Gasteiger partial charge >= 0.3 is 0 Å². The Morgan fingerprint density at radius 3 is 2.83 bits per heavy atom. The van der Waals surface area contributed by atoms with E-state index in [4.69, 9.17) is 9.47 Å². The lowest BCUT2D eigenvalue weighted by atomic mass is 9.81. The van der Waals surface area contributed by atoms with Crippen LogP contribution < -0.4 is 0 Å². The molecule has 2 heteroatoms. The monoisotopic (exact) mass is 244 g/mol. The van der Waals surface area contributed by atoms with Crippen LogP contribution in [0.25, 0.3) is 0 Å². The number of epoxide rings is 1. The first-order valence-corrected chi connectivity index (χ1v) is 7.20. The molecule has 3 aliphatic rings. The van der Waals surface area contributed by atoms with E-state index >= 15 is 0 Å². The lowest BCUT2D eigenvalue weighted by molar-refractivity contribution is -0.0209. The second-order valence-corrected chi connectivity index (χ2v) is 6.02. The third-order valence-electron chi connectivity index (χ3n) is 5.11. The third kappa shape index (κ3) is 1.42. The highest BCUT2D eigenvalue weighted by Gasteiger charge is 2.77. The lowest BCUT2D eigenvalue weighted by Gasteiger charge is -2.24. The van der Waals surface area contributed by atoms with Gasteiger partial charge in [-0.2, -0.15) is 0 Å². The van der Waals surface area contributed by atoms with Crippen molar-refractivity contribution in [1.82, 2.24) is 0 Å². The quantitative estimate of drug-likeness (QED) is 0.760. The first kappa shape index (κ1) is 11.0. The van der Waals surface area contributed by atoms with Crippen molar-refractivity contribution < 1.29 is 9.47 Å². The van der Waals surface area contributed by atoms with Crippen LogP contribution in [0.5, 0.6) is 0 Å². The molecular weight excluding hydrogens is 224 g/mol. The highest BCUT2D eigenvalue weighted by atomic mass is 16.7. The maximum absolute atomic E-state index is 6.17. The Labute approximate surface area is 108 Å². The average Bonchev–Trinajstić information content (AvgIpc) is 3.01. The van der Waals surface area contributed by atoms with Crippen molar-refractivity contribution in [2.75, 3.05) is 0 Å². The molecule has 1 aliphatic heterocycles. The molecule has 0 bridgehead atoms. The average molecular weight is 244 g/mol. The van der Waals surface area contributed by atoms with E-state index in [0.717, 1.165) is 6.61 Å². The molecule has 0 aromatic heterocycles. The summed E-state index contributed by atoms with van der Waals surface area (Å²) in [5.41, 5.74) is 1.61. The Morgan fingerprint density at radius 1 is 1.11 bits per heavy atom. The van der Waals surface area contributed by atoms with Gasteiger partial charge in [-0.3, -0.25) is 0 Å². The number of ether oxygens (including phenoxy) is 2. The van der Waals surface area contributed by atoms with E-state index in [-0.39, 0.29) is 11.2 Å². The van der Waals surface area contributed by atoms with Gasteiger partial charge in [0.1, 0.15) is 11.2 Å². The summed E-state index contributed by atoms with van der Waals surface area (Å²) in [6.45, 7) is 0.729. The molecule has 1 aromatic rings. The van der Waals surface area contributed by atoms with Gasteiger partial charge in [0.05, 0.1) is 12.7 Å². The fraction of sp³-hybridized carbons (Fsp3) is 0.625. The van der Waals surface area contributed by atoms with Gasteiger partial charge in [0.25, 0.3) is 0 Å². The molecule has 1 heterocycles. The molecule has 96 valence electrons. The van der Waals surface area contributed by atoms with Gasteiger partial charge in [-0.1, -0.05) is 43.2 Å². The molecule has 1 saturated heterocycles. The van der Waals surface area contributed by atoms with Crippen LogP contribution >= 0.6 is 0 Å². The molecule has 3 fully saturated rings. The number of rotatable bonds is 3. The van der Waals surface area contributed by atoms with E-state index in [1.165, 1.54) is 44.1 Å². The number of hydrogen-bond donors (Lipinski definition) is 0. The fourth-order valence-corrected chi connectivity index (χ4v) is 4.16. The van der Waals surface area contributed by atoms with Gasteiger partial charge in [-0.05, 0) is 31.2 Å². The minimum absolute atomic E-state index is 0.111. The molecule has 3 atom stereocenters. The Morgan fingerprint density at radius 2 is 1.94 bits per heavy atom. The standard InChI is InChI=1S/C16H20O2/c1-2-6-13(7-3-1)12-17-14-8-11-15-9-4-5-10-16(14,15)18-15/h1-3,6-7,14H,4-5,8-12H2/t14-,15+,16-/m0/s1. The summed E-state index contributed by atoms with van der Waals surface area (Å²) in [4.78, 5) is 0. The summed E-state index contributed by atoms with van der Waals surface area (Å²) in [5.74, 6) is 0. The topological polar surface area (TPSA) is 21.8 Å². The van der Waals surface area contributed by atoms with E-state index in [9.17, 15) is 0 Å².